The number of hydrogen-bond acceptors (Lipinski definition) is 1. The maximum atomic E-state index is 10.5. The predicted molar refractivity (Wildman–Crippen MR) is 45.4 cm³/mol. The SMILES string of the molecule is CC=CCC(C=CC)C(=O)O. The van der Waals surface area contributed by atoms with E-state index in [0.29, 0.717) is 6.42 Å². The molecule has 1 unspecified atom stereocenters. The second-order valence-corrected chi connectivity index (χ2v) is 2.28. The van der Waals surface area contributed by atoms with Gasteiger partial charge in [0.05, 0.1) is 5.92 Å². The molecule has 62 valence electrons. The first-order valence-electron chi connectivity index (χ1n) is 3.69. The van der Waals surface area contributed by atoms with Crippen LogP contribution in [0.5, 0.6) is 0 Å². The van der Waals surface area contributed by atoms with Crippen LogP contribution in [-0.2, 0) is 4.79 Å². The third kappa shape index (κ3) is 4.37. The van der Waals surface area contributed by atoms with E-state index in [-0.39, 0.29) is 5.92 Å². The predicted octanol–water partition coefficient (Wildman–Crippen LogP) is 2.23. The highest BCUT2D eigenvalue weighted by molar-refractivity contribution is 5.72. The van der Waals surface area contributed by atoms with E-state index < -0.39 is 5.97 Å². The third-order valence-corrected chi connectivity index (χ3v) is 1.37. The van der Waals surface area contributed by atoms with Crippen LogP contribution in [0.15, 0.2) is 24.3 Å². The highest BCUT2D eigenvalue weighted by atomic mass is 16.4. The lowest BCUT2D eigenvalue weighted by Gasteiger charge is -2.01. The van der Waals surface area contributed by atoms with Gasteiger partial charge in [0.25, 0.3) is 0 Å². The summed E-state index contributed by atoms with van der Waals surface area (Å²) in [6, 6.07) is 0. The minimum Gasteiger partial charge on any atom is -0.481 e. The Morgan fingerprint density at radius 2 is 2.09 bits per heavy atom. The molecule has 2 heteroatoms. The van der Waals surface area contributed by atoms with Gasteiger partial charge in [-0.1, -0.05) is 24.3 Å². The maximum absolute atomic E-state index is 10.5. The van der Waals surface area contributed by atoms with E-state index in [0.717, 1.165) is 0 Å². The van der Waals surface area contributed by atoms with Crippen LogP contribution in [0.25, 0.3) is 0 Å². The molecule has 0 aromatic carbocycles. The van der Waals surface area contributed by atoms with Crippen LogP contribution in [0.3, 0.4) is 0 Å². The van der Waals surface area contributed by atoms with Gasteiger partial charge in [-0.05, 0) is 20.3 Å². The zero-order valence-corrected chi connectivity index (χ0v) is 6.95. The Balaban J connectivity index is 4.00. The van der Waals surface area contributed by atoms with E-state index >= 15 is 0 Å². The van der Waals surface area contributed by atoms with Gasteiger partial charge in [-0.3, -0.25) is 4.79 Å². The summed E-state index contributed by atoms with van der Waals surface area (Å²) in [5.74, 6) is -1.13. The molecule has 0 aromatic heterocycles. The van der Waals surface area contributed by atoms with E-state index in [1.807, 2.05) is 26.0 Å². The highest BCUT2D eigenvalue weighted by Crippen LogP contribution is 2.05. The molecule has 2 nitrogen and oxygen atoms in total. The van der Waals surface area contributed by atoms with Gasteiger partial charge in [0.2, 0.25) is 0 Å². The van der Waals surface area contributed by atoms with Gasteiger partial charge >= 0.3 is 5.97 Å². The monoisotopic (exact) mass is 154 g/mol. The van der Waals surface area contributed by atoms with Crippen molar-refractivity contribution in [3.05, 3.63) is 24.3 Å². The van der Waals surface area contributed by atoms with Crippen molar-refractivity contribution < 1.29 is 9.90 Å². The molecule has 0 amide bonds. The van der Waals surface area contributed by atoms with Crippen molar-refractivity contribution in [2.24, 2.45) is 5.92 Å². The molecule has 0 saturated heterocycles. The molecule has 0 bridgehead atoms. The number of aliphatic carboxylic acids is 1. The minimum absolute atomic E-state index is 0.365. The summed E-state index contributed by atoms with van der Waals surface area (Å²) in [6.07, 6.45) is 7.76. The summed E-state index contributed by atoms with van der Waals surface area (Å²) in [7, 11) is 0. The normalized spacial score (nSPS) is 14.4. The van der Waals surface area contributed by atoms with Gasteiger partial charge in [-0.2, -0.15) is 0 Å². The van der Waals surface area contributed by atoms with E-state index in [1.165, 1.54) is 0 Å². The molecule has 0 rings (SSSR count). The molecule has 0 saturated carbocycles. The van der Waals surface area contributed by atoms with Crippen LogP contribution < -0.4 is 0 Å². The average Bonchev–Trinajstić information content (AvgIpc) is 1.97. The lowest BCUT2D eigenvalue weighted by atomic mass is 10.1. The molecule has 1 atom stereocenters. The molecule has 0 fully saturated rings. The molecule has 0 spiro atoms. The molecule has 1 N–H and O–H groups in total. The highest BCUT2D eigenvalue weighted by Gasteiger charge is 2.10. The average molecular weight is 154 g/mol. The number of carboxylic acids is 1. The van der Waals surface area contributed by atoms with Crippen molar-refractivity contribution in [2.75, 3.05) is 0 Å². The number of carboxylic acid groups (broad SMARTS) is 1. The van der Waals surface area contributed by atoms with Gasteiger partial charge in [0, 0.05) is 0 Å². The second-order valence-electron chi connectivity index (χ2n) is 2.28. The fourth-order valence-corrected chi connectivity index (χ4v) is 0.777. The van der Waals surface area contributed by atoms with Gasteiger partial charge in [-0.25, -0.2) is 0 Å². The topological polar surface area (TPSA) is 37.3 Å². The first-order chi connectivity index (χ1) is 5.22. The van der Waals surface area contributed by atoms with Crippen molar-refractivity contribution in [1.82, 2.24) is 0 Å². The van der Waals surface area contributed by atoms with Crippen molar-refractivity contribution >= 4 is 5.97 Å². The minimum atomic E-state index is -0.763. The Bertz CT molecular complexity index is 168. The molecular formula is C9H14O2. The summed E-state index contributed by atoms with van der Waals surface area (Å²) in [5.41, 5.74) is 0. The van der Waals surface area contributed by atoms with E-state index in [9.17, 15) is 4.79 Å². The lowest BCUT2D eigenvalue weighted by Crippen LogP contribution is -2.09. The standard InChI is InChI=1S/C9H14O2/c1-3-5-7-8(6-4-2)9(10)11/h3-6,8H,7H2,1-2H3,(H,10,11). The van der Waals surface area contributed by atoms with Gasteiger partial charge in [-0.15, -0.1) is 0 Å². The molecular weight excluding hydrogens is 140 g/mol. The van der Waals surface area contributed by atoms with Gasteiger partial charge in [0.1, 0.15) is 0 Å². The number of hydrogen-bond donors (Lipinski definition) is 1. The van der Waals surface area contributed by atoms with E-state index in [1.54, 1.807) is 12.2 Å². The Morgan fingerprint density at radius 3 is 2.45 bits per heavy atom. The van der Waals surface area contributed by atoms with Crippen molar-refractivity contribution in [3.63, 3.8) is 0 Å². The first kappa shape index (κ1) is 9.95. The maximum Gasteiger partial charge on any atom is 0.310 e. The molecule has 0 aliphatic heterocycles. The zero-order valence-electron chi connectivity index (χ0n) is 6.95. The largest absolute Gasteiger partial charge is 0.481 e. The molecule has 0 aliphatic rings. The second kappa shape index (κ2) is 5.71. The molecule has 0 aromatic rings. The van der Waals surface area contributed by atoms with E-state index in [2.05, 4.69) is 0 Å². The summed E-state index contributed by atoms with van der Waals surface area (Å²) in [6.45, 7) is 3.71. The number of carbonyl (C=O) groups is 1. The number of rotatable bonds is 4. The summed E-state index contributed by atoms with van der Waals surface area (Å²) < 4.78 is 0. The van der Waals surface area contributed by atoms with Crippen LogP contribution in [0.4, 0.5) is 0 Å². The zero-order chi connectivity index (χ0) is 8.69. The Hall–Kier alpha value is -1.05. The fraction of sp³-hybridized carbons (Fsp3) is 0.444. The van der Waals surface area contributed by atoms with Crippen LogP contribution in [0.1, 0.15) is 20.3 Å². The van der Waals surface area contributed by atoms with Gasteiger partial charge < -0.3 is 5.11 Å². The Kier molecular flexibility index (Phi) is 5.17. The summed E-state index contributed by atoms with van der Waals surface area (Å²) >= 11 is 0. The molecule has 0 aliphatic carbocycles. The first-order valence-corrected chi connectivity index (χ1v) is 3.69. The van der Waals surface area contributed by atoms with Crippen LogP contribution in [0, 0.1) is 5.92 Å². The van der Waals surface area contributed by atoms with Crippen molar-refractivity contribution in [2.45, 2.75) is 20.3 Å². The third-order valence-electron chi connectivity index (χ3n) is 1.37. The van der Waals surface area contributed by atoms with Crippen LogP contribution in [-0.4, -0.2) is 11.1 Å². The Morgan fingerprint density at radius 1 is 1.45 bits per heavy atom. The van der Waals surface area contributed by atoms with Gasteiger partial charge in [0.15, 0.2) is 0 Å². The quantitative estimate of drug-likeness (QED) is 0.630. The Labute approximate surface area is 67.2 Å². The van der Waals surface area contributed by atoms with Crippen LogP contribution >= 0.6 is 0 Å². The fourth-order valence-electron chi connectivity index (χ4n) is 0.777. The van der Waals surface area contributed by atoms with Crippen molar-refractivity contribution in [1.29, 1.82) is 0 Å². The van der Waals surface area contributed by atoms with Crippen LogP contribution in [0.2, 0.25) is 0 Å². The molecule has 0 radical (unpaired) electrons. The summed E-state index contributed by atoms with van der Waals surface area (Å²) in [5, 5.41) is 8.65. The molecule has 0 heterocycles. The van der Waals surface area contributed by atoms with Crippen molar-refractivity contribution in [3.8, 4) is 0 Å². The van der Waals surface area contributed by atoms with E-state index in [4.69, 9.17) is 5.11 Å². The number of allylic oxidation sites excluding steroid dienone is 3. The summed E-state index contributed by atoms with van der Waals surface area (Å²) in [4.78, 5) is 10.5. The molecule has 11 heavy (non-hydrogen) atoms. The smallest absolute Gasteiger partial charge is 0.310 e. The lowest BCUT2D eigenvalue weighted by molar-refractivity contribution is -0.139.